The van der Waals surface area contributed by atoms with Gasteiger partial charge in [0.1, 0.15) is 5.82 Å². The molecule has 4 heteroatoms. The zero-order valence-electron chi connectivity index (χ0n) is 11.1. The monoisotopic (exact) mass is 246 g/mol. The Morgan fingerprint density at radius 1 is 1.33 bits per heavy atom. The molecule has 0 bridgehead atoms. The van der Waals surface area contributed by atoms with Gasteiger partial charge >= 0.3 is 0 Å². The van der Waals surface area contributed by atoms with Crippen LogP contribution in [0.2, 0.25) is 0 Å². The summed E-state index contributed by atoms with van der Waals surface area (Å²) < 4.78 is 0. The summed E-state index contributed by atoms with van der Waals surface area (Å²) in [7, 11) is 1.97. The number of rotatable bonds is 3. The highest BCUT2D eigenvalue weighted by Gasteiger charge is 2.30. The molecular formula is C14H22N4. The fourth-order valence-corrected chi connectivity index (χ4v) is 3.11. The van der Waals surface area contributed by atoms with Gasteiger partial charge in [0.2, 0.25) is 0 Å². The Morgan fingerprint density at radius 3 is 3.06 bits per heavy atom. The SMILES string of the molecule is CNCc1ccc(N2CCN3CCCC3C2)nc1. The number of hydrogen-bond acceptors (Lipinski definition) is 4. The molecule has 0 aromatic carbocycles. The summed E-state index contributed by atoms with van der Waals surface area (Å²) in [6, 6.07) is 5.11. The Kier molecular flexibility index (Phi) is 3.48. The van der Waals surface area contributed by atoms with Crippen LogP contribution < -0.4 is 10.2 Å². The Morgan fingerprint density at radius 2 is 2.28 bits per heavy atom. The van der Waals surface area contributed by atoms with Crippen LogP contribution in [0, 0.1) is 0 Å². The summed E-state index contributed by atoms with van der Waals surface area (Å²) in [5.41, 5.74) is 1.25. The Balaban J connectivity index is 1.67. The minimum Gasteiger partial charge on any atom is -0.354 e. The molecule has 4 nitrogen and oxygen atoms in total. The van der Waals surface area contributed by atoms with E-state index in [0.717, 1.165) is 31.5 Å². The van der Waals surface area contributed by atoms with Crippen molar-refractivity contribution >= 4 is 5.82 Å². The third-order valence-electron chi connectivity index (χ3n) is 4.10. The Bertz CT molecular complexity index is 389. The maximum atomic E-state index is 4.60. The third-order valence-corrected chi connectivity index (χ3v) is 4.10. The van der Waals surface area contributed by atoms with E-state index < -0.39 is 0 Å². The smallest absolute Gasteiger partial charge is 0.128 e. The van der Waals surface area contributed by atoms with E-state index in [4.69, 9.17) is 0 Å². The molecule has 2 aliphatic rings. The van der Waals surface area contributed by atoms with Crippen LogP contribution in [0.15, 0.2) is 18.3 Å². The molecule has 3 rings (SSSR count). The predicted octanol–water partition coefficient (Wildman–Crippen LogP) is 1.09. The number of aromatic nitrogens is 1. The van der Waals surface area contributed by atoms with Gasteiger partial charge in [-0.1, -0.05) is 6.07 Å². The Labute approximate surface area is 109 Å². The lowest BCUT2D eigenvalue weighted by atomic mass is 10.1. The van der Waals surface area contributed by atoms with E-state index >= 15 is 0 Å². The van der Waals surface area contributed by atoms with Crippen molar-refractivity contribution in [2.45, 2.75) is 25.4 Å². The van der Waals surface area contributed by atoms with E-state index in [1.165, 1.54) is 31.5 Å². The summed E-state index contributed by atoms with van der Waals surface area (Å²) in [5.74, 6) is 1.14. The molecule has 0 spiro atoms. The number of nitrogens with zero attached hydrogens (tertiary/aromatic N) is 3. The van der Waals surface area contributed by atoms with Crippen LogP contribution in [0.25, 0.3) is 0 Å². The zero-order chi connectivity index (χ0) is 12.4. The predicted molar refractivity (Wildman–Crippen MR) is 73.8 cm³/mol. The van der Waals surface area contributed by atoms with Crippen molar-refractivity contribution in [1.82, 2.24) is 15.2 Å². The second-order valence-corrected chi connectivity index (χ2v) is 5.33. The van der Waals surface area contributed by atoms with Crippen molar-refractivity contribution in [2.75, 3.05) is 38.1 Å². The number of hydrogen-bond donors (Lipinski definition) is 1. The standard InChI is InChI=1S/C14H22N4/c1-15-9-12-4-5-14(16-10-12)18-8-7-17-6-2-3-13(17)11-18/h4-5,10,13,15H,2-3,6-9,11H2,1H3. The zero-order valence-corrected chi connectivity index (χ0v) is 11.1. The molecule has 0 radical (unpaired) electrons. The van der Waals surface area contributed by atoms with Gasteiger partial charge in [0.05, 0.1) is 0 Å². The second-order valence-electron chi connectivity index (χ2n) is 5.33. The van der Waals surface area contributed by atoms with Crippen molar-refractivity contribution in [1.29, 1.82) is 0 Å². The van der Waals surface area contributed by atoms with Crippen molar-refractivity contribution < 1.29 is 0 Å². The molecule has 1 N–H and O–H groups in total. The summed E-state index contributed by atoms with van der Waals surface area (Å²) in [6.07, 6.45) is 4.72. The van der Waals surface area contributed by atoms with Gasteiger partial charge in [-0.3, -0.25) is 4.90 Å². The van der Waals surface area contributed by atoms with Gasteiger partial charge < -0.3 is 10.2 Å². The summed E-state index contributed by atoms with van der Waals surface area (Å²) in [6.45, 7) is 5.66. The fourth-order valence-electron chi connectivity index (χ4n) is 3.11. The number of nitrogens with one attached hydrogen (secondary N) is 1. The minimum atomic E-state index is 0.762. The first-order valence-corrected chi connectivity index (χ1v) is 6.95. The van der Waals surface area contributed by atoms with Gasteiger partial charge in [-0.2, -0.15) is 0 Å². The van der Waals surface area contributed by atoms with Crippen molar-refractivity contribution in [3.8, 4) is 0 Å². The van der Waals surface area contributed by atoms with Gasteiger partial charge in [-0.05, 0) is 38.1 Å². The largest absolute Gasteiger partial charge is 0.354 e. The highest BCUT2D eigenvalue weighted by Crippen LogP contribution is 2.24. The molecule has 18 heavy (non-hydrogen) atoms. The number of anilines is 1. The van der Waals surface area contributed by atoms with E-state index in [1.54, 1.807) is 0 Å². The molecule has 2 fully saturated rings. The van der Waals surface area contributed by atoms with Crippen LogP contribution in [0.3, 0.4) is 0 Å². The second kappa shape index (κ2) is 5.24. The van der Waals surface area contributed by atoms with Gasteiger partial charge in [-0.15, -0.1) is 0 Å². The molecule has 98 valence electrons. The Hall–Kier alpha value is -1.13. The van der Waals surface area contributed by atoms with Crippen molar-refractivity contribution in [3.05, 3.63) is 23.9 Å². The van der Waals surface area contributed by atoms with Crippen LogP contribution in [0.5, 0.6) is 0 Å². The summed E-state index contributed by atoms with van der Waals surface area (Å²) in [4.78, 5) is 9.67. The van der Waals surface area contributed by atoms with Crippen LogP contribution in [-0.2, 0) is 6.54 Å². The van der Waals surface area contributed by atoms with Crippen LogP contribution >= 0.6 is 0 Å². The molecule has 0 saturated carbocycles. The topological polar surface area (TPSA) is 31.4 Å². The maximum absolute atomic E-state index is 4.60. The first-order chi connectivity index (χ1) is 8.86. The molecule has 1 aromatic rings. The fraction of sp³-hybridized carbons (Fsp3) is 0.643. The molecule has 0 aliphatic carbocycles. The number of pyridine rings is 1. The number of piperazine rings is 1. The van der Waals surface area contributed by atoms with Crippen LogP contribution in [0.1, 0.15) is 18.4 Å². The van der Waals surface area contributed by atoms with Gasteiger partial charge in [0, 0.05) is 38.4 Å². The lowest BCUT2D eigenvalue weighted by Gasteiger charge is -2.38. The average Bonchev–Trinajstić information content (AvgIpc) is 2.87. The highest BCUT2D eigenvalue weighted by molar-refractivity contribution is 5.40. The molecule has 0 amide bonds. The van der Waals surface area contributed by atoms with Crippen molar-refractivity contribution in [2.24, 2.45) is 0 Å². The average molecular weight is 246 g/mol. The van der Waals surface area contributed by atoms with E-state index in [2.05, 4.69) is 32.2 Å². The van der Waals surface area contributed by atoms with Crippen LogP contribution in [0.4, 0.5) is 5.82 Å². The molecule has 1 aromatic heterocycles. The third kappa shape index (κ3) is 2.35. The van der Waals surface area contributed by atoms with E-state index in [1.807, 2.05) is 13.2 Å². The van der Waals surface area contributed by atoms with Gasteiger partial charge in [-0.25, -0.2) is 4.98 Å². The van der Waals surface area contributed by atoms with Gasteiger partial charge in [0.15, 0.2) is 0 Å². The van der Waals surface area contributed by atoms with Gasteiger partial charge in [0.25, 0.3) is 0 Å². The van der Waals surface area contributed by atoms with E-state index in [-0.39, 0.29) is 0 Å². The summed E-state index contributed by atoms with van der Waals surface area (Å²) >= 11 is 0. The first kappa shape index (κ1) is 11.9. The molecule has 1 unspecified atom stereocenters. The quantitative estimate of drug-likeness (QED) is 0.865. The molecule has 2 saturated heterocycles. The summed E-state index contributed by atoms with van der Waals surface area (Å²) in [5, 5.41) is 3.15. The lowest BCUT2D eigenvalue weighted by molar-refractivity contribution is 0.230. The van der Waals surface area contributed by atoms with Crippen molar-refractivity contribution in [3.63, 3.8) is 0 Å². The highest BCUT2D eigenvalue weighted by atomic mass is 15.3. The van der Waals surface area contributed by atoms with Crippen LogP contribution in [-0.4, -0.2) is 49.2 Å². The normalized spacial score (nSPS) is 24.3. The molecular weight excluding hydrogens is 224 g/mol. The first-order valence-electron chi connectivity index (χ1n) is 6.95. The number of fused-ring (bicyclic) bond motifs is 1. The maximum Gasteiger partial charge on any atom is 0.128 e. The molecule has 3 heterocycles. The lowest BCUT2D eigenvalue weighted by Crippen LogP contribution is -2.50. The molecule has 2 aliphatic heterocycles. The van der Waals surface area contributed by atoms with E-state index in [0.29, 0.717) is 0 Å². The molecule has 1 atom stereocenters. The van der Waals surface area contributed by atoms with E-state index in [9.17, 15) is 0 Å². The minimum absolute atomic E-state index is 0.762.